The summed E-state index contributed by atoms with van der Waals surface area (Å²) in [6.45, 7) is 2.01. The molecule has 0 saturated heterocycles. The SMILES string of the molecule is CNC(=O)[C@]1(C)CC[C@@H](Nc2ncc3c(Br)nn(-c4ccc5ncncc5c4)c3n2)C1. The number of amides is 1. The van der Waals surface area contributed by atoms with Gasteiger partial charge < -0.3 is 10.6 Å². The molecule has 1 aliphatic carbocycles. The smallest absolute Gasteiger partial charge is 0.225 e. The van der Waals surface area contributed by atoms with Gasteiger partial charge in [-0.25, -0.2) is 19.6 Å². The average molecular weight is 481 g/mol. The summed E-state index contributed by atoms with van der Waals surface area (Å²) in [5, 5.41) is 12.5. The highest BCUT2D eigenvalue weighted by atomic mass is 79.9. The Morgan fingerprint density at radius 2 is 2.16 bits per heavy atom. The van der Waals surface area contributed by atoms with Gasteiger partial charge in [-0.1, -0.05) is 6.92 Å². The van der Waals surface area contributed by atoms with E-state index in [2.05, 4.69) is 46.6 Å². The first-order chi connectivity index (χ1) is 15.0. The van der Waals surface area contributed by atoms with Crippen molar-refractivity contribution in [1.82, 2.24) is 35.0 Å². The number of hydrogen-bond acceptors (Lipinski definition) is 7. The molecule has 10 heteroatoms. The van der Waals surface area contributed by atoms with Crippen LogP contribution >= 0.6 is 15.9 Å². The molecule has 1 aromatic carbocycles. The molecule has 1 fully saturated rings. The van der Waals surface area contributed by atoms with Crippen molar-refractivity contribution in [2.75, 3.05) is 12.4 Å². The van der Waals surface area contributed by atoms with Crippen molar-refractivity contribution in [3.05, 3.63) is 41.5 Å². The zero-order valence-electron chi connectivity index (χ0n) is 17.1. The standard InChI is InChI=1S/C21H21BrN8O/c1-21(19(31)23-2)6-5-13(8-21)27-20-25-10-15-17(22)29-30(18(15)28-20)14-3-4-16-12(7-14)9-24-11-26-16/h3-4,7,9-11,13H,5-6,8H2,1-2H3,(H,23,31)(H,25,27,28)/t13-,21-/m1/s1. The van der Waals surface area contributed by atoms with Crippen molar-refractivity contribution < 1.29 is 4.79 Å². The molecule has 2 atom stereocenters. The van der Waals surface area contributed by atoms with Crippen molar-refractivity contribution in [3.63, 3.8) is 0 Å². The van der Waals surface area contributed by atoms with Crippen LogP contribution in [0.1, 0.15) is 26.2 Å². The minimum atomic E-state index is -0.367. The van der Waals surface area contributed by atoms with Crippen LogP contribution in [-0.4, -0.2) is 48.7 Å². The molecule has 1 aliphatic rings. The molecule has 1 saturated carbocycles. The molecule has 0 radical (unpaired) electrons. The van der Waals surface area contributed by atoms with Crippen molar-refractivity contribution in [2.24, 2.45) is 5.41 Å². The fourth-order valence-corrected chi connectivity index (χ4v) is 4.72. The van der Waals surface area contributed by atoms with Crippen molar-refractivity contribution >= 4 is 49.7 Å². The quantitative estimate of drug-likeness (QED) is 0.461. The van der Waals surface area contributed by atoms with Crippen LogP contribution in [0.4, 0.5) is 5.95 Å². The van der Waals surface area contributed by atoms with E-state index in [1.807, 2.05) is 25.1 Å². The van der Waals surface area contributed by atoms with Crippen LogP contribution in [0.15, 0.2) is 41.5 Å². The summed E-state index contributed by atoms with van der Waals surface area (Å²) in [7, 11) is 1.68. The van der Waals surface area contributed by atoms with E-state index in [0.717, 1.165) is 41.2 Å². The van der Waals surface area contributed by atoms with Crippen LogP contribution in [0.2, 0.25) is 0 Å². The maximum Gasteiger partial charge on any atom is 0.225 e. The van der Waals surface area contributed by atoms with Gasteiger partial charge in [0.1, 0.15) is 10.9 Å². The first kappa shape index (κ1) is 19.8. The van der Waals surface area contributed by atoms with E-state index in [1.165, 1.54) is 6.33 Å². The van der Waals surface area contributed by atoms with Gasteiger partial charge >= 0.3 is 0 Å². The Balaban J connectivity index is 1.48. The highest BCUT2D eigenvalue weighted by Crippen LogP contribution is 2.39. The summed E-state index contributed by atoms with van der Waals surface area (Å²) >= 11 is 3.51. The number of nitrogens with zero attached hydrogens (tertiary/aromatic N) is 6. The molecule has 2 N–H and O–H groups in total. The van der Waals surface area contributed by atoms with E-state index in [-0.39, 0.29) is 17.4 Å². The summed E-state index contributed by atoms with van der Waals surface area (Å²) in [4.78, 5) is 29.8. The first-order valence-electron chi connectivity index (χ1n) is 10.1. The second kappa shape index (κ2) is 7.52. The Morgan fingerprint density at radius 1 is 1.29 bits per heavy atom. The number of benzene rings is 1. The number of fused-ring (bicyclic) bond motifs is 2. The van der Waals surface area contributed by atoms with E-state index in [4.69, 9.17) is 4.98 Å². The highest BCUT2D eigenvalue weighted by Gasteiger charge is 2.40. The minimum absolute atomic E-state index is 0.0791. The van der Waals surface area contributed by atoms with Gasteiger partial charge in [-0.05, 0) is 53.4 Å². The largest absolute Gasteiger partial charge is 0.359 e. The summed E-state index contributed by atoms with van der Waals surface area (Å²) in [5.41, 5.74) is 2.05. The molecule has 9 nitrogen and oxygen atoms in total. The number of carbonyl (C=O) groups is 1. The Kier molecular flexibility index (Phi) is 4.81. The zero-order chi connectivity index (χ0) is 21.6. The van der Waals surface area contributed by atoms with E-state index in [9.17, 15) is 4.79 Å². The summed E-state index contributed by atoms with van der Waals surface area (Å²) in [6, 6.07) is 6.01. The third kappa shape index (κ3) is 3.50. The van der Waals surface area contributed by atoms with Gasteiger partial charge in [0.2, 0.25) is 11.9 Å². The van der Waals surface area contributed by atoms with Gasteiger partial charge in [-0.2, -0.15) is 10.1 Å². The molecule has 3 aromatic heterocycles. The van der Waals surface area contributed by atoms with Gasteiger partial charge in [-0.15, -0.1) is 0 Å². The number of anilines is 1. The van der Waals surface area contributed by atoms with Crippen LogP contribution < -0.4 is 10.6 Å². The van der Waals surface area contributed by atoms with E-state index < -0.39 is 0 Å². The van der Waals surface area contributed by atoms with Gasteiger partial charge in [0, 0.05) is 36.3 Å². The van der Waals surface area contributed by atoms with Crippen LogP contribution in [0, 0.1) is 5.41 Å². The summed E-state index contributed by atoms with van der Waals surface area (Å²) in [6.07, 6.45) is 7.52. The van der Waals surface area contributed by atoms with Crippen LogP contribution in [0.25, 0.3) is 27.6 Å². The number of aromatic nitrogens is 6. The Morgan fingerprint density at radius 3 is 3.00 bits per heavy atom. The molecule has 31 heavy (non-hydrogen) atoms. The zero-order valence-corrected chi connectivity index (χ0v) is 18.7. The fraction of sp³-hybridized carbons (Fsp3) is 0.333. The van der Waals surface area contributed by atoms with Gasteiger partial charge in [0.25, 0.3) is 0 Å². The topological polar surface area (TPSA) is 111 Å². The molecule has 0 aliphatic heterocycles. The maximum atomic E-state index is 12.2. The monoisotopic (exact) mass is 480 g/mol. The first-order valence-corrected chi connectivity index (χ1v) is 10.9. The number of hydrogen-bond donors (Lipinski definition) is 2. The number of rotatable bonds is 4. The number of nitrogens with one attached hydrogen (secondary N) is 2. The highest BCUT2D eigenvalue weighted by molar-refractivity contribution is 9.10. The molecule has 4 aromatic rings. The molecular formula is C21H21BrN8O. The Bertz CT molecular complexity index is 1310. The second-order valence-corrected chi connectivity index (χ2v) is 8.87. The molecule has 0 spiro atoms. The molecule has 5 rings (SSSR count). The summed E-state index contributed by atoms with van der Waals surface area (Å²) in [5.74, 6) is 0.604. The fourth-order valence-electron chi connectivity index (χ4n) is 4.28. The van der Waals surface area contributed by atoms with Crippen LogP contribution in [0.3, 0.4) is 0 Å². The van der Waals surface area contributed by atoms with E-state index in [1.54, 1.807) is 24.1 Å². The lowest BCUT2D eigenvalue weighted by atomic mass is 9.87. The van der Waals surface area contributed by atoms with Gasteiger partial charge in [0.15, 0.2) is 5.65 Å². The Hall–Kier alpha value is -3.14. The lowest BCUT2D eigenvalue weighted by Gasteiger charge is -2.22. The molecule has 0 bridgehead atoms. The van der Waals surface area contributed by atoms with Gasteiger partial charge in [-0.3, -0.25) is 4.79 Å². The molecule has 158 valence electrons. The third-order valence-electron chi connectivity index (χ3n) is 5.96. The predicted molar refractivity (Wildman–Crippen MR) is 121 cm³/mol. The lowest BCUT2D eigenvalue weighted by Crippen LogP contribution is -2.35. The van der Waals surface area contributed by atoms with Crippen molar-refractivity contribution in [1.29, 1.82) is 0 Å². The normalized spacial score (nSPS) is 20.9. The average Bonchev–Trinajstić information content (AvgIpc) is 3.33. The summed E-state index contributed by atoms with van der Waals surface area (Å²) < 4.78 is 2.45. The lowest BCUT2D eigenvalue weighted by molar-refractivity contribution is -0.129. The minimum Gasteiger partial charge on any atom is -0.359 e. The molecular weight excluding hydrogens is 460 g/mol. The third-order valence-corrected chi connectivity index (χ3v) is 6.55. The van der Waals surface area contributed by atoms with E-state index in [0.29, 0.717) is 16.2 Å². The Labute approximate surface area is 186 Å². The van der Waals surface area contributed by atoms with Crippen molar-refractivity contribution in [3.8, 4) is 5.69 Å². The second-order valence-electron chi connectivity index (χ2n) is 8.12. The molecule has 3 heterocycles. The van der Waals surface area contributed by atoms with Crippen LogP contribution in [0.5, 0.6) is 0 Å². The van der Waals surface area contributed by atoms with Gasteiger partial charge in [0.05, 0.1) is 16.6 Å². The predicted octanol–water partition coefficient (Wildman–Crippen LogP) is 3.24. The number of halogens is 1. The number of carbonyl (C=O) groups excluding carboxylic acids is 1. The van der Waals surface area contributed by atoms with Crippen LogP contribution in [-0.2, 0) is 4.79 Å². The molecule has 1 amide bonds. The van der Waals surface area contributed by atoms with E-state index >= 15 is 0 Å². The maximum absolute atomic E-state index is 12.2. The molecule has 0 unspecified atom stereocenters. The van der Waals surface area contributed by atoms with Crippen molar-refractivity contribution in [2.45, 2.75) is 32.2 Å².